The number of likely N-dealkylation sites (tertiary alicyclic amines) is 1. The summed E-state index contributed by atoms with van der Waals surface area (Å²) in [6.45, 7) is 13.1. The standard InChI is InChI=1S/C48H68ClN5O13S2/c1-27-13-12-14-35(64-11)48(62)26-34(65-45(61)51-48)29(3)42-47(7,67-42)36(25-39(57)53(9)32-23-31(21-27)24-33(63-10)41(32)49)66-44(60)30(4)52(8)38(56)15-17-46(5,6)69-68-20-18-50-37(55)16-19-54-40(58)22-28(2)43(54)59/h12-14,23-24,28-30,34-36,42,62H,15-22,25-26H2,1-11H3,(H,50,55)(H,51,61)/b14-12+,27-13+/t28?,29-,30+,34+,35-,36+,42+,47+,48+/m1/s1. The minimum Gasteiger partial charge on any atom is -0.495 e. The van der Waals surface area contributed by atoms with Crippen molar-refractivity contribution in [2.24, 2.45) is 11.8 Å². The van der Waals surface area contributed by atoms with Gasteiger partial charge < -0.3 is 43.9 Å². The minimum atomic E-state index is -1.86. The van der Waals surface area contributed by atoms with Crippen LogP contribution in [-0.4, -0.2) is 150 Å². The van der Waals surface area contributed by atoms with E-state index in [0.717, 1.165) is 16.0 Å². The van der Waals surface area contributed by atoms with Gasteiger partial charge in [0.15, 0.2) is 5.72 Å². The molecular formula is C48H68ClN5O13S2. The number of carbonyl (C=O) groups is 7. The Morgan fingerprint density at radius 3 is 2.48 bits per heavy atom. The number of methoxy groups -OCH3 is 2. The number of hydrogen-bond donors (Lipinski definition) is 3. The maximum atomic E-state index is 14.3. The van der Waals surface area contributed by atoms with Crippen LogP contribution in [0.15, 0.2) is 35.9 Å². The number of imide groups is 1. The van der Waals surface area contributed by atoms with Crippen molar-refractivity contribution >= 4 is 80.5 Å². The number of esters is 1. The highest BCUT2D eigenvalue weighted by Crippen LogP contribution is 2.49. The molecule has 0 aliphatic carbocycles. The predicted molar refractivity (Wildman–Crippen MR) is 262 cm³/mol. The molecule has 4 heterocycles. The number of epoxide rings is 1. The van der Waals surface area contributed by atoms with E-state index >= 15 is 0 Å². The van der Waals surface area contributed by atoms with Crippen molar-refractivity contribution in [1.29, 1.82) is 0 Å². The first-order chi connectivity index (χ1) is 32.3. The lowest BCUT2D eigenvalue weighted by molar-refractivity contribution is -0.162. The van der Waals surface area contributed by atoms with Gasteiger partial charge in [-0.25, -0.2) is 9.59 Å². The Morgan fingerprint density at radius 1 is 1.12 bits per heavy atom. The molecule has 18 nitrogen and oxygen atoms in total. The first kappa shape index (κ1) is 55.6. The maximum absolute atomic E-state index is 14.3. The second-order valence-electron chi connectivity index (χ2n) is 19.2. The molecule has 4 aliphatic heterocycles. The van der Waals surface area contributed by atoms with Crippen LogP contribution in [0.3, 0.4) is 0 Å². The first-order valence-electron chi connectivity index (χ1n) is 23.1. The number of halogens is 1. The van der Waals surface area contributed by atoms with Crippen molar-refractivity contribution in [3.05, 3.63) is 46.5 Å². The summed E-state index contributed by atoms with van der Waals surface area (Å²) in [6, 6.07) is 2.50. The number of alkyl carbamates (subject to hydrolysis) is 1. The Balaban J connectivity index is 1.25. The molecule has 0 saturated carbocycles. The number of amides is 6. The second kappa shape index (κ2) is 23.3. The van der Waals surface area contributed by atoms with Gasteiger partial charge in [0, 0.05) is 82.3 Å². The zero-order valence-corrected chi connectivity index (χ0v) is 43.8. The van der Waals surface area contributed by atoms with Gasteiger partial charge in [-0.3, -0.25) is 34.2 Å². The topological polar surface area (TPSA) is 223 Å². The number of nitrogens with zero attached hydrogens (tertiary/aromatic N) is 3. The molecule has 9 atom stereocenters. The minimum absolute atomic E-state index is 0.0355. The SMILES string of the molecule is COc1cc2cc(c1Cl)N(C)C(=O)C[C@H](OC(=O)[C@H](C)N(C)C(=O)CCC(C)(C)SSCCNC(=O)CCN1C(=O)CC(C)C1=O)[C@]1(C)O[C@H]1[C@H](C)[C@@H]1C[C@@](O)(NC(=O)O1)[C@H](OC)/C=C/C=C(\C)C2. The normalized spacial score (nSPS) is 29.2. The monoisotopic (exact) mass is 1020 g/mol. The fraction of sp³-hybridized carbons (Fsp3) is 0.646. The van der Waals surface area contributed by atoms with Crippen molar-refractivity contribution < 1.29 is 62.4 Å². The lowest BCUT2D eigenvalue weighted by atomic mass is 9.83. The Labute approximate surface area is 417 Å². The summed E-state index contributed by atoms with van der Waals surface area (Å²) >= 11 is 6.82. The molecule has 6 amide bonds. The lowest BCUT2D eigenvalue weighted by Crippen LogP contribution is -2.63. The summed E-state index contributed by atoms with van der Waals surface area (Å²) in [5.41, 5.74) is -1.08. The van der Waals surface area contributed by atoms with E-state index in [9.17, 15) is 38.7 Å². The molecule has 3 fully saturated rings. The van der Waals surface area contributed by atoms with Gasteiger partial charge >= 0.3 is 12.1 Å². The van der Waals surface area contributed by atoms with E-state index in [4.69, 9.17) is 35.3 Å². The number of allylic oxidation sites excluding steroid dienone is 3. The van der Waals surface area contributed by atoms with Gasteiger partial charge in [-0.05, 0) is 65.2 Å². The van der Waals surface area contributed by atoms with E-state index < -0.39 is 65.7 Å². The molecule has 4 aliphatic rings. The van der Waals surface area contributed by atoms with E-state index in [-0.39, 0.29) is 78.0 Å². The van der Waals surface area contributed by atoms with Gasteiger partial charge in [-0.2, -0.15) is 0 Å². The van der Waals surface area contributed by atoms with Gasteiger partial charge in [0.1, 0.15) is 40.7 Å². The maximum Gasteiger partial charge on any atom is 0.409 e. The average Bonchev–Trinajstić information content (AvgIpc) is 3.92. The van der Waals surface area contributed by atoms with Gasteiger partial charge in [0.25, 0.3) is 0 Å². The van der Waals surface area contributed by atoms with Crippen LogP contribution in [0.4, 0.5) is 10.5 Å². The number of anilines is 1. The van der Waals surface area contributed by atoms with Crippen LogP contribution < -0.4 is 20.3 Å². The number of benzene rings is 1. The molecule has 4 bridgehead atoms. The van der Waals surface area contributed by atoms with Crippen molar-refractivity contribution in [3.63, 3.8) is 0 Å². The highest BCUT2D eigenvalue weighted by molar-refractivity contribution is 8.77. The molecular weight excluding hydrogens is 954 g/mol. The molecule has 1 aromatic rings. The lowest BCUT2D eigenvalue weighted by Gasteiger charge is -2.42. The second-order valence-corrected chi connectivity index (χ2v) is 22.7. The summed E-state index contributed by atoms with van der Waals surface area (Å²) in [7, 11) is 9.08. The number of hydrogen-bond acceptors (Lipinski definition) is 15. The highest BCUT2D eigenvalue weighted by Gasteiger charge is 2.64. The predicted octanol–water partition coefficient (Wildman–Crippen LogP) is 5.36. The zero-order valence-electron chi connectivity index (χ0n) is 41.4. The van der Waals surface area contributed by atoms with E-state index in [1.165, 1.54) is 41.9 Å². The van der Waals surface area contributed by atoms with Crippen LogP contribution in [0.1, 0.15) is 92.6 Å². The van der Waals surface area contributed by atoms with Gasteiger partial charge in [-0.1, -0.05) is 70.8 Å². The molecule has 0 aromatic heterocycles. The molecule has 5 rings (SSSR count). The first-order valence-corrected chi connectivity index (χ1v) is 25.8. The molecule has 21 heteroatoms. The molecule has 0 spiro atoms. The number of likely N-dealkylation sites (N-methyl/N-ethyl adjacent to an activating group) is 1. The van der Waals surface area contributed by atoms with Crippen LogP contribution in [0.5, 0.6) is 5.75 Å². The van der Waals surface area contributed by atoms with Gasteiger partial charge in [-0.15, -0.1) is 0 Å². The molecule has 382 valence electrons. The number of carbonyl (C=O) groups excluding carboxylic acids is 7. The third kappa shape index (κ3) is 13.8. The third-order valence-corrected chi connectivity index (χ3v) is 17.0. The molecule has 3 N–H and O–H groups in total. The molecule has 1 aromatic carbocycles. The number of ether oxygens (including phenoxy) is 5. The van der Waals surface area contributed by atoms with Gasteiger partial charge in [0.05, 0.1) is 25.3 Å². The fourth-order valence-corrected chi connectivity index (χ4v) is 11.5. The van der Waals surface area contributed by atoms with E-state index in [1.807, 2.05) is 26.8 Å². The fourth-order valence-electron chi connectivity index (χ4n) is 8.66. The number of nitrogens with one attached hydrogen (secondary N) is 2. The molecule has 1 unspecified atom stereocenters. The van der Waals surface area contributed by atoms with Crippen molar-refractivity contribution in [2.75, 3.05) is 52.1 Å². The van der Waals surface area contributed by atoms with Crippen molar-refractivity contribution in [1.82, 2.24) is 20.4 Å². The molecule has 0 radical (unpaired) electrons. The smallest absolute Gasteiger partial charge is 0.409 e. The molecule has 69 heavy (non-hydrogen) atoms. The summed E-state index contributed by atoms with van der Waals surface area (Å²) in [5.74, 6) is -2.29. The summed E-state index contributed by atoms with van der Waals surface area (Å²) < 4.78 is 29.1. The van der Waals surface area contributed by atoms with Crippen molar-refractivity contribution in [2.45, 2.75) is 140 Å². The number of fused-ring (bicyclic) bond motifs is 5. The van der Waals surface area contributed by atoms with Crippen molar-refractivity contribution in [3.8, 4) is 5.75 Å². The van der Waals surface area contributed by atoms with Gasteiger partial charge in [0.2, 0.25) is 29.5 Å². The quantitative estimate of drug-likeness (QED) is 0.0624. The van der Waals surface area contributed by atoms with Crippen LogP contribution in [0.25, 0.3) is 0 Å². The molecule has 3 saturated heterocycles. The van der Waals surface area contributed by atoms with E-state index in [1.54, 1.807) is 69.8 Å². The summed E-state index contributed by atoms with van der Waals surface area (Å²) in [6.07, 6.45) is 1.40. The number of rotatable bonds is 16. The van der Waals surface area contributed by atoms with E-state index in [0.29, 0.717) is 36.6 Å². The Morgan fingerprint density at radius 2 is 1.83 bits per heavy atom. The Kier molecular flexibility index (Phi) is 18.7. The van der Waals surface area contributed by atoms with Crippen LogP contribution in [-0.2, 0) is 54.1 Å². The number of aliphatic hydroxyl groups is 1. The highest BCUT2D eigenvalue weighted by atomic mass is 35.5. The average molecular weight is 1020 g/mol. The Bertz CT molecular complexity index is 2190. The largest absolute Gasteiger partial charge is 0.495 e. The summed E-state index contributed by atoms with van der Waals surface area (Å²) in [4.78, 5) is 95.4. The Hall–Kier alpha value is -4.34. The van der Waals surface area contributed by atoms with E-state index in [2.05, 4.69) is 10.6 Å². The van der Waals surface area contributed by atoms with Crippen LogP contribution in [0.2, 0.25) is 5.02 Å². The summed E-state index contributed by atoms with van der Waals surface area (Å²) in [5, 5.41) is 17.4. The van der Waals surface area contributed by atoms with Crippen LogP contribution >= 0.6 is 33.2 Å². The third-order valence-electron chi connectivity index (χ3n) is 13.3. The zero-order chi connectivity index (χ0) is 51.2. The van der Waals surface area contributed by atoms with Crippen LogP contribution in [0, 0.1) is 11.8 Å².